The highest BCUT2D eigenvalue weighted by Gasteiger charge is 2.36. The van der Waals surface area contributed by atoms with Gasteiger partial charge in [0.15, 0.2) is 5.84 Å². The summed E-state index contributed by atoms with van der Waals surface area (Å²) in [5.74, 6) is 1.66. The average Bonchev–Trinajstić information content (AvgIpc) is 3.57. The molecule has 8 nitrogen and oxygen atoms in total. The molecule has 0 aliphatic carbocycles. The second kappa shape index (κ2) is 11.7. The maximum Gasteiger partial charge on any atom is 0.283 e. The summed E-state index contributed by atoms with van der Waals surface area (Å²) in [4.78, 5) is 17.0. The monoisotopic (exact) mass is 541 g/mol. The summed E-state index contributed by atoms with van der Waals surface area (Å²) in [6, 6.07) is 19.8. The van der Waals surface area contributed by atoms with Crippen LogP contribution in [0.3, 0.4) is 0 Å². The van der Waals surface area contributed by atoms with Gasteiger partial charge in [0.25, 0.3) is 5.91 Å². The summed E-state index contributed by atoms with van der Waals surface area (Å²) >= 11 is 1.24. The van der Waals surface area contributed by atoms with E-state index in [1.165, 1.54) is 22.3 Å². The van der Waals surface area contributed by atoms with Crippen molar-refractivity contribution in [1.29, 1.82) is 5.41 Å². The lowest BCUT2D eigenvalue weighted by atomic mass is 9.99. The molecule has 0 saturated carbocycles. The van der Waals surface area contributed by atoms with Crippen LogP contribution in [0.1, 0.15) is 43.0 Å². The summed E-state index contributed by atoms with van der Waals surface area (Å²) in [6.45, 7) is 7.67. The van der Waals surface area contributed by atoms with Gasteiger partial charge in [-0.2, -0.15) is 15.1 Å². The molecule has 39 heavy (non-hydrogen) atoms. The van der Waals surface area contributed by atoms with E-state index in [-0.39, 0.29) is 18.0 Å². The van der Waals surface area contributed by atoms with E-state index in [9.17, 15) is 4.79 Å². The van der Waals surface area contributed by atoms with E-state index in [2.05, 4.69) is 36.1 Å². The quantitative estimate of drug-likeness (QED) is 0.314. The number of ether oxygens (including phenoxy) is 2. The maximum atomic E-state index is 12.9. The Morgan fingerprint density at radius 3 is 2.64 bits per heavy atom. The Hall–Kier alpha value is -4.11. The number of carbonyl (C=O) groups excluding carboxylic acids is 1. The van der Waals surface area contributed by atoms with Gasteiger partial charge in [-0.25, -0.2) is 0 Å². The van der Waals surface area contributed by atoms with Gasteiger partial charge in [-0.05, 0) is 78.6 Å². The minimum absolute atomic E-state index is 0.00575. The van der Waals surface area contributed by atoms with Crippen molar-refractivity contribution >= 4 is 39.8 Å². The van der Waals surface area contributed by atoms with Gasteiger partial charge in [0.05, 0.1) is 12.1 Å². The van der Waals surface area contributed by atoms with E-state index >= 15 is 0 Å². The molecule has 1 aromatic heterocycles. The third kappa shape index (κ3) is 5.98. The van der Waals surface area contributed by atoms with Crippen molar-refractivity contribution in [2.75, 3.05) is 13.2 Å². The number of nitrogens with zero attached hydrogens (tertiary/aromatic N) is 4. The summed E-state index contributed by atoms with van der Waals surface area (Å²) in [7, 11) is 0. The van der Waals surface area contributed by atoms with E-state index in [1.54, 1.807) is 6.08 Å². The molecule has 0 bridgehead atoms. The predicted octanol–water partition coefficient (Wildman–Crippen LogP) is 6.09. The van der Waals surface area contributed by atoms with Gasteiger partial charge >= 0.3 is 0 Å². The zero-order chi connectivity index (χ0) is 27.4. The first-order valence-corrected chi connectivity index (χ1v) is 13.8. The van der Waals surface area contributed by atoms with Crippen molar-refractivity contribution in [2.24, 2.45) is 10.1 Å². The lowest BCUT2D eigenvalue weighted by Gasteiger charge is -2.20. The van der Waals surface area contributed by atoms with Crippen molar-refractivity contribution in [1.82, 2.24) is 9.58 Å². The van der Waals surface area contributed by atoms with E-state index < -0.39 is 5.91 Å². The lowest BCUT2D eigenvalue weighted by Crippen LogP contribution is -2.35. The molecule has 0 radical (unpaired) electrons. The minimum Gasteiger partial charge on any atom is -0.492 e. The lowest BCUT2D eigenvalue weighted by molar-refractivity contribution is -0.114. The Morgan fingerprint density at radius 2 is 1.87 bits per heavy atom. The molecule has 0 fully saturated rings. The molecule has 2 aliphatic rings. The van der Waals surface area contributed by atoms with Crippen LogP contribution in [0.5, 0.6) is 11.5 Å². The molecule has 0 saturated heterocycles. The molecule has 1 atom stereocenters. The minimum atomic E-state index is -0.458. The second-order valence-corrected chi connectivity index (χ2v) is 10.5. The van der Waals surface area contributed by atoms with E-state index in [0.29, 0.717) is 29.3 Å². The van der Waals surface area contributed by atoms with Gasteiger partial charge in [-0.3, -0.25) is 10.2 Å². The van der Waals surface area contributed by atoms with Gasteiger partial charge in [0, 0.05) is 11.9 Å². The Balaban J connectivity index is 1.23. The predicted molar refractivity (Wildman–Crippen MR) is 157 cm³/mol. The van der Waals surface area contributed by atoms with Crippen LogP contribution in [-0.2, 0) is 11.3 Å². The smallest absolute Gasteiger partial charge is 0.283 e. The van der Waals surface area contributed by atoms with Gasteiger partial charge in [0.1, 0.15) is 29.8 Å². The first-order valence-electron chi connectivity index (χ1n) is 13.0. The topological polar surface area (TPSA) is 92.3 Å². The van der Waals surface area contributed by atoms with Crippen molar-refractivity contribution in [3.05, 3.63) is 89.3 Å². The Morgan fingerprint density at radius 1 is 1.08 bits per heavy atom. The number of hydrogen-bond acceptors (Lipinski definition) is 6. The number of para-hydroxylation sites is 1. The molecule has 9 heteroatoms. The molecule has 1 N–H and O–H groups in total. The van der Waals surface area contributed by atoms with Crippen LogP contribution in [-0.4, -0.2) is 44.7 Å². The molecular formula is C30H31N5O3S. The van der Waals surface area contributed by atoms with E-state index in [0.717, 1.165) is 29.2 Å². The van der Waals surface area contributed by atoms with Gasteiger partial charge in [-0.1, -0.05) is 44.2 Å². The number of nitrogens with one attached hydrogen (secondary N) is 1. The number of hydrogen-bond donors (Lipinski definition) is 1. The third-order valence-electron chi connectivity index (χ3n) is 6.76. The largest absolute Gasteiger partial charge is 0.492 e. The summed E-state index contributed by atoms with van der Waals surface area (Å²) < 4.78 is 13.8. The van der Waals surface area contributed by atoms with Crippen LogP contribution in [0.4, 0.5) is 0 Å². The number of amidine groups is 2. The highest BCUT2D eigenvalue weighted by atomic mass is 32.2. The number of aryl methyl sites for hydroxylation is 1. The number of hydrazone groups is 1. The van der Waals surface area contributed by atoms with Gasteiger partial charge in [0.2, 0.25) is 5.17 Å². The van der Waals surface area contributed by atoms with Crippen LogP contribution < -0.4 is 9.47 Å². The summed E-state index contributed by atoms with van der Waals surface area (Å²) in [5, 5.41) is 15.6. The number of aliphatic imine (C=N–C) groups is 1. The van der Waals surface area contributed by atoms with Crippen molar-refractivity contribution < 1.29 is 14.3 Å². The Bertz CT molecular complexity index is 1470. The fraction of sp³-hybridized carbons (Fsp3) is 0.267. The second-order valence-electron chi connectivity index (χ2n) is 9.42. The molecule has 3 aromatic rings. The van der Waals surface area contributed by atoms with Gasteiger partial charge < -0.3 is 14.0 Å². The van der Waals surface area contributed by atoms with Crippen LogP contribution in [0, 0.1) is 12.3 Å². The number of amides is 1. The summed E-state index contributed by atoms with van der Waals surface area (Å²) in [5.41, 5.74) is 3.31. The molecular weight excluding hydrogens is 510 g/mol. The fourth-order valence-corrected chi connectivity index (χ4v) is 5.05. The number of fused-ring (bicyclic) bond motifs is 1. The molecule has 3 heterocycles. The average molecular weight is 542 g/mol. The van der Waals surface area contributed by atoms with Crippen molar-refractivity contribution in [2.45, 2.75) is 39.7 Å². The number of thioether (sulfide) groups is 1. The SMILES string of the molecule is CC[C@@H](C)c1ccc(OCCn2cccc2/C=C2/C(=N)N3N=C(COc4ccccc4C)SC3=NC2=O)cc1. The first kappa shape index (κ1) is 26.5. The summed E-state index contributed by atoms with van der Waals surface area (Å²) in [6.07, 6.45) is 4.72. The molecule has 200 valence electrons. The van der Waals surface area contributed by atoms with Gasteiger partial charge in [-0.15, -0.1) is 0 Å². The number of benzene rings is 2. The number of aromatic nitrogens is 1. The zero-order valence-electron chi connectivity index (χ0n) is 22.3. The van der Waals surface area contributed by atoms with Crippen LogP contribution in [0.2, 0.25) is 0 Å². The highest BCUT2D eigenvalue weighted by molar-refractivity contribution is 8.27. The Kier molecular flexibility index (Phi) is 7.97. The van der Waals surface area contributed by atoms with Crippen molar-refractivity contribution in [3.63, 3.8) is 0 Å². The van der Waals surface area contributed by atoms with Crippen LogP contribution in [0.15, 0.2) is 82.5 Å². The molecule has 5 rings (SSSR count). The molecule has 2 aliphatic heterocycles. The highest BCUT2D eigenvalue weighted by Crippen LogP contribution is 2.29. The third-order valence-corrected chi connectivity index (χ3v) is 7.64. The molecule has 0 spiro atoms. The Labute approximate surface area is 232 Å². The van der Waals surface area contributed by atoms with E-state index in [4.69, 9.17) is 14.9 Å². The number of carbonyl (C=O) groups is 1. The van der Waals surface area contributed by atoms with Crippen LogP contribution >= 0.6 is 11.8 Å². The zero-order valence-corrected chi connectivity index (χ0v) is 23.1. The fourth-order valence-electron chi connectivity index (χ4n) is 4.25. The van der Waals surface area contributed by atoms with Crippen LogP contribution in [0.25, 0.3) is 6.08 Å². The van der Waals surface area contributed by atoms with E-state index in [1.807, 2.05) is 66.2 Å². The number of rotatable bonds is 10. The molecule has 0 unspecified atom stereocenters. The standard InChI is InChI=1S/C30H31N5O3S/c1-4-20(2)22-11-13-24(14-12-22)37-17-16-34-15-7-9-23(34)18-25-28(31)35-30(32-29(25)36)39-27(33-35)19-38-26-10-6-5-8-21(26)3/h5-15,18,20,31H,4,16-17,19H2,1-3H3/b25-18-,31-28?/t20-/m1/s1. The molecule has 2 aromatic carbocycles. The van der Waals surface area contributed by atoms with Crippen molar-refractivity contribution in [3.8, 4) is 11.5 Å². The first-order chi connectivity index (χ1) is 18.9. The maximum absolute atomic E-state index is 12.9. The normalized spacial score (nSPS) is 16.7. The molecule has 1 amide bonds.